The average Bonchev–Trinajstić information content (AvgIpc) is 2.29. The molecule has 3 heteroatoms. The Morgan fingerprint density at radius 1 is 1.44 bits per heavy atom. The summed E-state index contributed by atoms with van der Waals surface area (Å²) in [7, 11) is 2.01. The fraction of sp³-hybridized carbons (Fsp3) is 0.538. The molecule has 1 aromatic rings. The first-order valence-corrected chi connectivity index (χ1v) is 5.89. The van der Waals surface area contributed by atoms with E-state index in [1.54, 1.807) is 12.1 Å². The van der Waals surface area contributed by atoms with Gasteiger partial charge in [0.2, 0.25) is 0 Å². The lowest BCUT2D eigenvalue weighted by Gasteiger charge is -2.35. The third-order valence-electron chi connectivity index (χ3n) is 3.33. The first kappa shape index (κ1) is 11.4. The van der Waals surface area contributed by atoms with Gasteiger partial charge in [0, 0.05) is 24.8 Å². The maximum atomic E-state index is 13.0. The number of hydrogen-bond donors (Lipinski definition) is 1. The van der Waals surface area contributed by atoms with E-state index in [-0.39, 0.29) is 5.82 Å². The molecule has 2 nitrogen and oxygen atoms in total. The molecule has 1 saturated heterocycles. The van der Waals surface area contributed by atoms with Crippen LogP contribution in [0.15, 0.2) is 18.2 Å². The lowest BCUT2D eigenvalue weighted by molar-refractivity contribution is 0.449. The van der Waals surface area contributed by atoms with E-state index >= 15 is 0 Å². The Bertz CT molecular complexity index is 365. The van der Waals surface area contributed by atoms with Crippen LogP contribution in [-0.4, -0.2) is 26.2 Å². The SMILES string of the molecule is CNC1CCCN(c2ccc(F)cc2C)C1. The molecule has 1 unspecified atom stereocenters. The molecule has 0 bridgehead atoms. The second kappa shape index (κ2) is 4.83. The van der Waals surface area contributed by atoms with Crippen LogP contribution in [-0.2, 0) is 0 Å². The predicted molar refractivity (Wildman–Crippen MR) is 65.4 cm³/mol. The van der Waals surface area contributed by atoms with Crippen LogP contribution in [0.1, 0.15) is 18.4 Å². The van der Waals surface area contributed by atoms with Crippen molar-refractivity contribution in [2.24, 2.45) is 0 Å². The number of piperidine rings is 1. The molecule has 1 heterocycles. The monoisotopic (exact) mass is 222 g/mol. The fourth-order valence-corrected chi connectivity index (χ4v) is 2.41. The van der Waals surface area contributed by atoms with Crippen LogP contribution in [0.3, 0.4) is 0 Å². The number of halogens is 1. The van der Waals surface area contributed by atoms with Crippen LogP contribution >= 0.6 is 0 Å². The second-order valence-electron chi connectivity index (χ2n) is 4.50. The minimum atomic E-state index is -0.150. The fourth-order valence-electron chi connectivity index (χ4n) is 2.41. The summed E-state index contributed by atoms with van der Waals surface area (Å²) in [4.78, 5) is 2.35. The Labute approximate surface area is 96.5 Å². The van der Waals surface area contributed by atoms with Gasteiger partial charge in [-0.05, 0) is 50.6 Å². The van der Waals surface area contributed by atoms with E-state index in [9.17, 15) is 4.39 Å². The number of benzene rings is 1. The zero-order chi connectivity index (χ0) is 11.5. The van der Waals surface area contributed by atoms with Gasteiger partial charge in [-0.3, -0.25) is 0 Å². The van der Waals surface area contributed by atoms with E-state index in [1.807, 2.05) is 20.0 Å². The van der Waals surface area contributed by atoms with E-state index in [0.29, 0.717) is 6.04 Å². The van der Waals surface area contributed by atoms with Crippen molar-refractivity contribution in [2.75, 3.05) is 25.0 Å². The van der Waals surface area contributed by atoms with Gasteiger partial charge in [-0.1, -0.05) is 0 Å². The van der Waals surface area contributed by atoms with Crippen molar-refractivity contribution < 1.29 is 4.39 Å². The first-order chi connectivity index (χ1) is 7.70. The average molecular weight is 222 g/mol. The smallest absolute Gasteiger partial charge is 0.123 e. The molecular formula is C13H19FN2. The summed E-state index contributed by atoms with van der Waals surface area (Å²) in [6.45, 7) is 4.06. The van der Waals surface area contributed by atoms with Crippen molar-refractivity contribution in [1.82, 2.24) is 5.32 Å². The maximum absolute atomic E-state index is 13.0. The highest BCUT2D eigenvalue weighted by Crippen LogP contribution is 2.24. The quantitative estimate of drug-likeness (QED) is 0.826. The number of nitrogens with zero attached hydrogens (tertiary/aromatic N) is 1. The maximum Gasteiger partial charge on any atom is 0.123 e. The molecule has 88 valence electrons. The van der Waals surface area contributed by atoms with Gasteiger partial charge in [0.05, 0.1) is 0 Å². The summed E-state index contributed by atoms with van der Waals surface area (Å²) < 4.78 is 13.0. The van der Waals surface area contributed by atoms with Crippen LogP contribution in [0.5, 0.6) is 0 Å². The molecule has 0 spiro atoms. The summed E-state index contributed by atoms with van der Waals surface area (Å²) >= 11 is 0. The molecule has 1 fully saturated rings. The first-order valence-electron chi connectivity index (χ1n) is 5.89. The van der Waals surface area contributed by atoms with Gasteiger partial charge < -0.3 is 10.2 Å². The van der Waals surface area contributed by atoms with Crippen molar-refractivity contribution in [2.45, 2.75) is 25.8 Å². The highest BCUT2D eigenvalue weighted by Gasteiger charge is 2.19. The van der Waals surface area contributed by atoms with Crippen molar-refractivity contribution >= 4 is 5.69 Å². The number of nitrogens with one attached hydrogen (secondary N) is 1. The molecule has 0 amide bonds. The normalized spacial score (nSPS) is 21.2. The molecule has 0 saturated carbocycles. The van der Waals surface area contributed by atoms with Crippen molar-refractivity contribution in [3.05, 3.63) is 29.6 Å². The third kappa shape index (κ3) is 2.35. The summed E-state index contributed by atoms with van der Waals surface area (Å²) in [5, 5.41) is 3.32. The highest BCUT2D eigenvalue weighted by atomic mass is 19.1. The second-order valence-corrected chi connectivity index (χ2v) is 4.50. The molecule has 1 atom stereocenters. The Morgan fingerprint density at radius 2 is 2.25 bits per heavy atom. The topological polar surface area (TPSA) is 15.3 Å². The lowest BCUT2D eigenvalue weighted by Crippen LogP contribution is -2.44. The Hall–Kier alpha value is -1.09. The molecular weight excluding hydrogens is 203 g/mol. The third-order valence-corrected chi connectivity index (χ3v) is 3.33. The van der Waals surface area contributed by atoms with Gasteiger partial charge in [0.25, 0.3) is 0 Å². The molecule has 2 rings (SSSR count). The van der Waals surface area contributed by atoms with Crippen LogP contribution in [0, 0.1) is 12.7 Å². The standard InChI is InChI=1S/C13H19FN2/c1-10-8-11(14)5-6-13(10)16-7-3-4-12(9-16)15-2/h5-6,8,12,15H,3-4,7,9H2,1-2H3. The minimum Gasteiger partial charge on any atom is -0.370 e. The van der Waals surface area contributed by atoms with Gasteiger partial charge in [-0.25, -0.2) is 4.39 Å². The van der Waals surface area contributed by atoms with Gasteiger partial charge in [0.1, 0.15) is 5.82 Å². The van der Waals surface area contributed by atoms with Gasteiger partial charge in [-0.2, -0.15) is 0 Å². The number of aryl methyl sites for hydroxylation is 1. The molecule has 16 heavy (non-hydrogen) atoms. The van der Waals surface area contributed by atoms with E-state index in [0.717, 1.165) is 18.7 Å². The highest BCUT2D eigenvalue weighted by molar-refractivity contribution is 5.53. The van der Waals surface area contributed by atoms with Crippen LogP contribution < -0.4 is 10.2 Å². The molecule has 1 N–H and O–H groups in total. The molecule has 0 aromatic heterocycles. The van der Waals surface area contributed by atoms with E-state index < -0.39 is 0 Å². The van der Waals surface area contributed by atoms with Gasteiger partial charge >= 0.3 is 0 Å². The van der Waals surface area contributed by atoms with Crippen LogP contribution in [0.4, 0.5) is 10.1 Å². The van der Waals surface area contributed by atoms with E-state index in [2.05, 4.69) is 10.2 Å². The van der Waals surface area contributed by atoms with Gasteiger partial charge in [-0.15, -0.1) is 0 Å². The largest absolute Gasteiger partial charge is 0.370 e. The lowest BCUT2D eigenvalue weighted by atomic mass is 10.0. The summed E-state index contributed by atoms with van der Waals surface area (Å²) in [6, 6.07) is 5.60. The zero-order valence-electron chi connectivity index (χ0n) is 9.96. The van der Waals surface area contributed by atoms with Crippen molar-refractivity contribution in [3.63, 3.8) is 0 Å². The molecule has 1 aromatic carbocycles. The Morgan fingerprint density at radius 3 is 2.94 bits per heavy atom. The summed E-state index contributed by atoms with van der Waals surface area (Å²) in [5.41, 5.74) is 2.19. The van der Waals surface area contributed by atoms with Gasteiger partial charge in [0.15, 0.2) is 0 Å². The number of anilines is 1. The van der Waals surface area contributed by atoms with Crippen LogP contribution in [0.2, 0.25) is 0 Å². The zero-order valence-corrected chi connectivity index (χ0v) is 9.96. The van der Waals surface area contributed by atoms with E-state index in [4.69, 9.17) is 0 Å². The van der Waals surface area contributed by atoms with Crippen LogP contribution in [0.25, 0.3) is 0 Å². The predicted octanol–water partition coefficient (Wildman–Crippen LogP) is 2.32. The molecule has 0 aliphatic carbocycles. The molecule has 0 radical (unpaired) electrons. The minimum absolute atomic E-state index is 0.150. The Balaban J connectivity index is 2.16. The molecule has 1 aliphatic rings. The van der Waals surface area contributed by atoms with E-state index in [1.165, 1.54) is 18.5 Å². The number of hydrogen-bond acceptors (Lipinski definition) is 2. The summed E-state index contributed by atoms with van der Waals surface area (Å²) in [6.07, 6.45) is 2.43. The van der Waals surface area contributed by atoms with Crippen molar-refractivity contribution in [1.29, 1.82) is 0 Å². The number of rotatable bonds is 2. The van der Waals surface area contributed by atoms with Crippen molar-refractivity contribution in [3.8, 4) is 0 Å². The Kier molecular flexibility index (Phi) is 3.44. The number of likely N-dealkylation sites (N-methyl/N-ethyl adjacent to an activating group) is 1. The summed E-state index contributed by atoms with van der Waals surface area (Å²) in [5.74, 6) is -0.150. The molecule has 1 aliphatic heterocycles.